The Morgan fingerprint density at radius 2 is 2.00 bits per heavy atom. The summed E-state index contributed by atoms with van der Waals surface area (Å²) in [6.07, 6.45) is 2.68. The fourth-order valence-electron chi connectivity index (χ4n) is 2.21. The van der Waals surface area contributed by atoms with Crippen molar-refractivity contribution < 1.29 is 8.63 Å². The van der Waals surface area contributed by atoms with Crippen LogP contribution in [0, 0.1) is 6.92 Å². The van der Waals surface area contributed by atoms with Gasteiger partial charge in [0, 0.05) is 21.7 Å². The highest BCUT2D eigenvalue weighted by atomic mass is 32.2. The SMILES string of the molecule is CCc1ccc(-c2nc(C[S@](=O)Cc3ncc(C)o3)cs2)cc1. The molecule has 6 heteroatoms. The van der Waals surface area contributed by atoms with Crippen molar-refractivity contribution in [2.24, 2.45) is 0 Å². The highest BCUT2D eigenvalue weighted by Crippen LogP contribution is 2.25. The molecule has 0 amide bonds. The lowest BCUT2D eigenvalue weighted by Crippen LogP contribution is -2.00. The molecule has 0 spiro atoms. The van der Waals surface area contributed by atoms with Gasteiger partial charge in [-0.1, -0.05) is 31.2 Å². The van der Waals surface area contributed by atoms with E-state index in [-0.39, 0.29) is 0 Å². The molecule has 4 nitrogen and oxygen atoms in total. The Morgan fingerprint density at radius 1 is 1.22 bits per heavy atom. The molecular formula is C17H18N2O2S2. The van der Waals surface area contributed by atoms with Gasteiger partial charge in [-0.25, -0.2) is 9.97 Å². The van der Waals surface area contributed by atoms with E-state index in [1.54, 1.807) is 17.5 Å². The van der Waals surface area contributed by atoms with Crippen LogP contribution in [0.2, 0.25) is 0 Å². The largest absolute Gasteiger partial charge is 0.445 e. The third-order valence-electron chi connectivity index (χ3n) is 3.42. The monoisotopic (exact) mass is 346 g/mol. The summed E-state index contributed by atoms with van der Waals surface area (Å²) in [5, 5.41) is 2.94. The van der Waals surface area contributed by atoms with E-state index in [1.165, 1.54) is 5.56 Å². The van der Waals surface area contributed by atoms with Crippen LogP contribution < -0.4 is 0 Å². The van der Waals surface area contributed by atoms with Gasteiger partial charge in [-0.15, -0.1) is 11.3 Å². The summed E-state index contributed by atoms with van der Waals surface area (Å²) in [6.45, 7) is 3.97. The first-order valence-corrected chi connectivity index (χ1v) is 9.81. The van der Waals surface area contributed by atoms with Crippen molar-refractivity contribution in [1.82, 2.24) is 9.97 Å². The van der Waals surface area contributed by atoms with E-state index < -0.39 is 10.8 Å². The van der Waals surface area contributed by atoms with Crippen LogP contribution in [0.1, 0.15) is 29.8 Å². The van der Waals surface area contributed by atoms with Gasteiger partial charge in [0.15, 0.2) is 0 Å². The second kappa shape index (κ2) is 7.19. The maximum atomic E-state index is 12.2. The fourth-order valence-corrected chi connectivity index (χ4v) is 4.13. The van der Waals surface area contributed by atoms with Crippen LogP contribution in [0.15, 0.2) is 40.3 Å². The summed E-state index contributed by atoms with van der Waals surface area (Å²) in [5.41, 5.74) is 3.27. The molecule has 0 radical (unpaired) electrons. The van der Waals surface area contributed by atoms with Crippen molar-refractivity contribution in [2.45, 2.75) is 31.8 Å². The quantitative estimate of drug-likeness (QED) is 0.674. The highest BCUT2D eigenvalue weighted by Gasteiger charge is 2.11. The van der Waals surface area contributed by atoms with E-state index in [2.05, 4.69) is 41.2 Å². The zero-order chi connectivity index (χ0) is 16.2. The van der Waals surface area contributed by atoms with Crippen LogP contribution in [-0.4, -0.2) is 14.2 Å². The van der Waals surface area contributed by atoms with Crippen LogP contribution >= 0.6 is 11.3 Å². The summed E-state index contributed by atoms with van der Waals surface area (Å²) in [5.74, 6) is 2.01. The third kappa shape index (κ3) is 4.14. The normalized spacial score (nSPS) is 12.4. The molecule has 1 atom stereocenters. The lowest BCUT2D eigenvalue weighted by molar-refractivity contribution is 0.488. The Morgan fingerprint density at radius 3 is 2.65 bits per heavy atom. The Balaban J connectivity index is 1.65. The molecule has 2 heterocycles. The second-order valence-corrected chi connectivity index (χ2v) is 7.60. The molecule has 0 N–H and O–H groups in total. The minimum atomic E-state index is -1.07. The molecule has 3 rings (SSSR count). The molecule has 0 saturated heterocycles. The van der Waals surface area contributed by atoms with E-state index in [0.29, 0.717) is 17.4 Å². The summed E-state index contributed by atoms with van der Waals surface area (Å²) in [6, 6.07) is 8.43. The Kier molecular flexibility index (Phi) is 5.03. The van der Waals surface area contributed by atoms with E-state index in [0.717, 1.165) is 28.4 Å². The van der Waals surface area contributed by atoms with Crippen LogP contribution in [0.25, 0.3) is 10.6 Å². The van der Waals surface area contributed by atoms with Crippen LogP contribution in [0.5, 0.6) is 0 Å². The first-order valence-electron chi connectivity index (χ1n) is 7.44. The van der Waals surface area contributed by atoms with Crippen molar-refractivity contribution in [1.29, 1.82) is 0 Å². The molecular weight excluding hydrogens is 328 g/mol. The minimum Gasteiger partial charge on any atom is -0.445 e. The van der Waals surface area contributed by atoms with Gasteiger partial charge in [0.25, 0.3) is 0 Å². The molecule has 0 unspecified atom stereocenters. The first-order chi connectivity index (χ1) is 11.1. The number of benzene rings is 1. The number of aromatic nitrogens is 2. The molecule has 0 saturated carbocycles. The standard InChI is InChI=1S/C17H18N2O2S2/c1-3-13-4-6-14(7-5-13)17-19-15(9-22-17)10-23(20)11-16-18-8-12(2)21-16/h4-9H,3,10-11H2,1-2H3/t23-/m0/s1. The summed E-state index contributed by atoms with van der Waals surface area (Å²) in [7, 11) is -1.07. The van der Waals surface area contributed by atoms with Crippen molar-refractivity contribution in [2.75, 3.05) is 0 Å². The van der Waals surface area contributed by atoms with Gasteiger partial charge < -0.3 is 4.42 Å². The van der Waals surface area contributed by atoms with E-state index in [9.17, 15) is 4.21 Å². The molecule has 0 bridgehead atoms. The lowest BCUT2D eigenvalue weighted by atomic mass is 10.1. The number of aryl methyl sites for hydroxylation is 2. The molecule has 3 aromatic rings. The zero-order valence-electron chi connectivity index (χ0n) is 13.1. The fraction of sp³-hybridized carbons (Fsp3) is 0.294. The average Bonchev–Trinajstić information content (AvgIpc) is 3.16. The van der Waals surface area contributed by atoms with Gasteiger partial charge in [0.1, 0.15) is 16.5 Å². The molecule has 23 heavy (non-hydrogen) atoms. The number of nitrogens with zero attached hydrogens (tertiary/aromatic N) is 2. The van der Waals surface area contributed by atoms with E-state index in [4.69, 9.17) is 4.42 Å². The lowest BCUT2D eigenvalue weighted by Gasteiger charge is -1.99. The zero-order valence-corrected chi connectivity index (χ0v) is 14.7. The number of hydrogen-bond donors (Lipinski definition) is 0. The highest BCUT2D eigenvalue weighted by molar-refractivity contribution is 7.83. The van der Waals surface area contributed by atoms with Gasteiger partial charge in [-0.05, 0) is 18.9 Å². The van der Waals surface area contributed by atoms with Crippen LogP contribution in [0.3, 0.4) is 0 Å². The number of hydrogen-bond acceptors (Lipinski definition) is 5. The maximum Gasteiger partial charge on any atom is 0.206 e. The van der Waals surface area contributed by atoms with Gasteiger partial charge >= 0.3 is 0 Å². The van der Waals surface area contributed by atoms with Crippen molar-refractivity contribution in [3.63, 3.8) is 0 Å². The van der Waals surface area contributed by atoms with Gasteiger partial charge in [0.05, 0.1) is 17.6 Å². The van der Waals surface area contributed by atoms with Gasteiger partial charge in [-0.2, -0.15) is 0 Å². The average molecular weight is 346 g/mol. The smallest absolute Gasteiger partial charge is 0.206 e. The number of rotatable bonds is 6. The van der Waals surface area contributed by atoms with Crippen LogP contribution in [0.4, 0.5) is 0 Å². The van der Waals surface area contributed by atoms with Crippen molar-refractivity contribution in [3.05, 3.63) is 58.8 Å². The van der Waals surface area contributed by atoms with Crippen molar-refractivity contribution in [3.8, 4) is 10.6 Å². The molecule has 0 aliphatic rings. The Hall–Kier alpha value is -1.79. The van der Waals surface area contributed by atoms with Crippen molar-refractivity contribution >= 4 is 22.1 Å². The topological polar surface area (TPSA) is 56.0 Å². The van der Waals surface area contributed by atoms with E-state index in [1.807, 2.05) is 12.3 Å². The molecule has 120 valence electrons. The first kappa shape index (κ1) is 16.1. The van der Waals surface area contributed by atoms with Gasteiger partial charge in [-0.3, -0.25) is 4.21 Å². The molecule has 0 aliphatic heterocycles. The Bertz CT molecular complexity index is 806. The summed E-state index contributed by atoms with van der Waals surface area (Å²) < 4.78 is 17.6. The second-order valence-electron chi connectivity index (χ2n) is 5.29. The molecule has 0 fully saturated rings. The van der Waals surface area contributed by atoms with E-state index >= 15 is 0 Å². The number of thiazole rings is 1. The molecule has 0 aliphatic carbocycles. The predicted molar refractivity (Wildman–Crippen MR) is 93.7 cm³/mol. The van der Waals surface area contributed by atoms with Gasteiger partial charge in [0.2, 0.25) is 5.89 Å². The number of oxazole rings is 1. The summed E-state index contributed by atoms with van der Waals surface area (Å²) >= 11 is 1.58. The maximum absolute atomic E-state index is 12.2. The Labute approximate surface area is 142 Å². The molecule has 2 aromatic heterocycles. The third-order valence-corrected chi connectivity index (χ3v) is 5.55. The predicted octanol–water partition coefficient (Wildman–Crippen LogP) is 4.12. The summed E-state index contributed by atoms with van der Waals surface area (Å²) in [4.78, 5) is 8.69. The minimum absolute atomic E-state index is 0.325. The molecule has 1 aromatic carbocycles. The van der Waals surface area contributed by atoms with Crippen LogP contribution in [-0.2, 0) is 28.7 Å².